The first kappa shape index (κ1) is 19.9. The summed E-state index contributed by atoms with van der Waals surface area (Å²) in [5.41, 5.74) is 1.45. The normalized spacial score (nSPS) is 11.7. The molecule has 0 fully saturated rings. The molecule has 1 N–H and O–H groups in total. The van der Waals surface area contributed by atoms with Crippen LogP contribution in [0.5, 0.6) is 0 Å². The van der Waals surface area contributed by atoms with E-state index in [4.69, 9.17) is 11.6 Å². The van der Waals surface area contributed by atoms with Crippen molar-refractivity contribution in [2.45, 2.75) is 32.4 Å². The van der Waals surface area contributed by atoms with E-state index in [0.29, 0.717) is 17.0 Å². The summed E-state index contributed by atoms with van der Waals surface area (Å²) in [7, 11) is 1.54. The minimum Gasteiger partial charge on any atom is -0.357 e. The number of nitrogens with one attached hydrogen (secondary N) is 1. The summed E-state index contributed by atoms with van der Waals surface area (Å²) in [5.74, 6) is -0.801. The first-order chi connectivity index (χ1) is 12.5. The highest BCUT2D eigenvalue weighted by Gasteiger charge is 2.28. The van der Waals surface area contributed by atoms with Crippen LogP contribution < -0.4 is 5.32 Å². The van der Waals surface area contributed by atoms with Crippen molar-refractivity contribution in [3.63, 3.8) is 0 Å². The molecule has 0 heterocycles. The first-order valence-electron chi connectivity index (χ1n) is 8.45. The molecule has 0 saturated carbocycles. The molecule has 2 amide bonds. The summed E-state index contributed by atoms with van der Waals surface area (Å²) < 4.78 is 13.1. The second-order valence-electron chi connectivity index (χ2n) is 5.95. The lowest BCUT2D eigenvalue weighted by atomic mass is 10.1. The molecule has 26 heavy (non-hydrogen) atoms. The topological polar surface area (TPSA) is 49.4 Å². The summed E-state index contributed by atoms with van der Waals surface area (Å²) in [6.45, 7) is 2.08. The van der Waals surface area contributed by atoms with Crippen molar-refractivity contribution < 1.29 is 14.0 Å². The molecule has 0 radical (unpaired) electrons. The van der Waals surface area contributed by atoms with Gasteiger partial charge in [0.1, 0.15) is 11.9 Å². The molecule has 138 valence electrons. The molecule has 0 aliphatic heterocycles. The van der Waals surface area contributed by atoms with Crippen LogP contribution in [0.25, 0.3) is 0 Å². The monoisotopic (exact) mass is 376 g/mol. The van der Waals surface area contributed by atoms with Crippen molar-refractivity contribution >= 4 is 23.4 Å². The van der Waals surface area contributed by atoms with Crippen LogP contribution in [0.2, 0.25) is 5.02 Å². The van der Waals surface area contributed by atoms with Gasteiger partial charge in [0.25, 0.3) is 0 Å². The Hall–Kier alpha value is -2.40. The predicted octanol–water partition coefficient (Wildman–Crippen LogP) is 3.58. The fourth-order valence-electron chi connectivity index (χ4n) is 2.77. The molecule has 1 atom stereocenters. The first-order valence-corrected chi connectivity index (χ1v) is 8.83. The fraction of sp³-hybridized carbons (Fsp3) is 0.300. The van der Waals surface area contributed by atoms with E-state index in [-0.39, 0.29) is 30.6 Å². The largest absolute Gasteiger partial charge is 0.357 e. The average molecular weight is 377 g/mol. The quantitative estimate of drug-likeness (QED) is 0.803. The fourth-order valence-corrected chi connectivity index (χ4v) is 2.97. The van der Waals surface area contributed by atoms with Gasteiger partial charge in [0.15, 0.2) is 0 Å². The zero-order valence-electron chi connectivity index (χ0n) is 14.8. The van der Waals surface area contributed by atoms with Crippen molar-refractivity contribution in [1.82, 2.24) is 10.2 Å². The number of rotatable bonds is 7. The van der Waals surface area contributed by atoms with Crippen LogP contribution in [0.4, 0.5) is 4.39 Å². The number of hydrogen-bond acceptors (Lipinski definition) is 2. The Balaban J connectivity index is 2.29. The molecule has 0 bridgehead atoms. The summed E-state index contributed by atoms with van der Waals surface area (Å²) >= 11 is 6.23. The van der Waals surface area contributed by atoms with Crippen molar-refractivity contribution in [2.75, 3.05) is 7.05 Å². The van der Waals surface area contributed by atoms with Crippen LogP contribution in [0.3, 0.4) is 0 Å². The van der Waals surface area contributed by atoms with Gasteiger partial charge in [0.05, 0.1) is 6.42 Å². The Morgan fingerprint density at radius 1 is 1.15 bits per heavy atom. The molecule has 2 rings (SSSR count). The summed E-state index contributed by atoms with van der Waals surface area (Å²) in [4.78, 5) is 26.7. The van der Waals surface area contributed by atoms with E-state index in [1.54, 1.807) is 25.2 Å². The van der Waals surface area contributed by atoms with Gasteiger partial charge in [0, 0.05) is 18.6 Å². The van der Waals surface area contributed by atoms with Gasteiger partial charge in [0.2, 0.25) is 11.8 Å². The number of benzene rings is 2. The maximum atomic E-state index is 13.1. The third-order valence-corrected chi connectivity index (χ3v) is 4.57. The second kappa shape index (κ2) is 9.34. The number of likely N-dealkylation sites (N-methyl/N-ethyl adjacent to an activating group) is 1. The number of nitrogens with zero attached hydrogens (tertiary/aromatic N) is 1. The van der Waals surface area contributed by atoms with Gasteiger partial charge in [-0.25, -0.2) is 4.39 Å². The van der Waals surface area contributed by atoms with E-state index < -0.39 is 6.04 Å². The van der Waals surface area contributed by atoms with Crippen LogP contribution in [0.15, 0.2) is 48.5 Å². The highest BCUT2D eigenvalue weighted by atomic mass is 35.5. The van der Waals surface area contributed by atoms with Crippen molar-refractivity contribution in [2.24, 2.45) is 0 Å². The van der Waals surface area contributed by atoms with Crippen LogP contribution in [-0.2, 0) is 22.6 Å². The summed E-state index contributed by atoms with van der Waals surface area (Å²) in [6, 6.07) is 12.4. The molecule has 4 nitrogen and oxygen atoms in total. The molecule has 0 spiro atoms. The highest BCUT2D eigenvalue weighted by Crippen LogP contribution is 2.20. The second-order valence-corrected chi connectivity index (χ2v) is 6.36. The van der Waals surface area contributed by atoms with E-state index in [9.17, 15) is 14.0 Å². The van der Waals surface area contributed by atoms with E-state index in [1.807, 2.05) is 25.1 Å². The minimum absolute atomic E-state index is 0.0816. The lowest BCUT2D eigenvalue weighted by molar-refractivity contribution is -0.140. The maximum Gasteiger partial charge on any atom is 0.242 e. The SMILES string of the molecule is CCC(C(=O)NC)N(Cc1ccccc1Cl)C(=O)Cc1ccc(F)cc1. The molecule has 0 aromatic heterocycles. The van der Waals surface area contributed by atoms with Gasteiger partial charge in [-0.15, -0.1) is 0 Å². The smallest absolute Gasteiger partial charge is 0.242 e. The van der Waals surface area contributed by atoms with Gasteiger partial charge in [-0.3, -0.25) is 9.59 Å². The van der Waals surface area contributed by atoms with Gasteiger partial charge < -0.3 is 10.2 Å². The predicted molar refractivity (Wildman–Crippen MR) is 100 cm³/mol. The van der Waals surface area contributed by atoms with Gasteiger partial charge in [-0.1, -0.05) is 48.9 Å². The number of carbonyl (C=O) groups is 2. The van der Waals surface area contributed by atoms with E-state index in [1.165, 1.54) is 17.0 Å². The number of carbonyl (C=O) groups excluding carboxylic acids is 2. The Kier molecular flexibility index (Phi) is 7.16. The highest BCUT2D eigenvalue weighted by molar-refractivity contribution is 6.31. The Morgan fingerprint density at radius 3 is 2.38 bits per heavy atom. The summed E-state index contributed by atoms with van der Waals surface area (Å²) in [6.07, 6.45) is 0.553. The lowest BCUT2D eigenvalue weighted by Crippen LogP contribution is -2.48. The molecule has 2 aromatic carbocycles. The van der Waals surface area contributed by atoms with E-state index in [2.05, 4.69) is 5.32 Å². The Labute approximate surface area is 158 Å². The molecular weight excluding hydrogens is 355 g/mol. The van der Waals surface area contributed by atoms with Crippen LogP contribution in [0.1, 0.15) is 24.5 Å². The number of amides is 2. The summed E-state index contributed by atoms with van der Waals surface area (Å²) in [5, 5.41) is 3.15. The zero-order valence-corrected chi connectivity index (χ0v) is 15.6. The van der Waals surface area contributed by atoms with Crippen LogP contribution >= 0.6 is 11.6 Å². The molecule has 0 aliphatic carbocycles. The minimum atomic E-state index is -0.607. The maximum absolute atomic E-state index is 13.1. The third-order valence-electron chi connectivity index (χ3n) is 4.20. The molecule has 0 saturated heterocycles. The van der Waals surface area contributed by atoms with E-state index >= 15 is 0 Å². The van der Waals surface area contributed by atoms with Gasteiger partial charge in [-0.2, -0.15) is 0 Å². The van der Waals surface area contributed by atoms with Crippen molar-refractivity contribution in [3.05, 3.63) is 70.5 Å². The average Bonchev–Trinajstić information content (AvgIpc) is 2.64. The Morgan fingerprint density at radius 2 is 1.81 bits per heavy atom. The molecule has 1 unspecified atom stereocenters. The van der Waals surface area contributed by atoms with Crippen molar-refractivity contribution in [1.29, 1.82) is 0 Å². The third kappa shape index (κ3) is 5.05. The lowest BCUT2D eigenvalue weighted by Gasteiger charge is -2.30. The number of halogens is 2. The van der Waals surface area contributed by atoms with E-state index in [0.717, 1.165) is 5.56 Å². The number of hydrogen-bond donors (Lipinski definition) is 1. The molecule has 6 heteroatoms. The molecular formula is C20H22ClFN2O2. The van der Waals surface area contributed by atoms with Crippen molar-refractivity contribution in [3.8, 4) is 0 Å². The van der Waals surface area contributed by atoms with Gasteiger partial charge in [-0.05, 0) is 35.7 Å². The van der Waals surface area contributed by atoms with Gasteiger partial charge >= 0.3 is 0 Å². The van der Waals surface area contributed by atoms with Crippen LogP contribution in [-0.4, -0.2) is 29.8 Å². The molecule has 0 aliphatic rings. The standard InChI is InChI=1S/C20H22ClFN2O2/c1-3-18(20(26)23-2)24(13-15-6-4-5-7-17(15)21)19(25)12-14-8-10-16(22)11-9-14/h4-11,18H,3,12-13H2,1-2H3,(H,23,26). The zero-order chi connectivity index (χ0) is 19.1. The Bertz CT molecular complexity index is 765. The van der Waals surface area contributed by atoms with Crippen LogP contribution in [0, 0.1) is 5.82 Å². The molecule has 2 aromatic rings.